The molecule has 0 amide bonds. The largest absolute Gasteiger partial charge is 0.469 e. The number of benzene rings is 1. The van der Waals surface area contributed by atoms with Gasteiger partial charge in [0.15, 0.2) is 5.78 Å². The monoisotopic (exact) mass is 247 g/mol. The molecule has 2 rings (SSSR count). The van der Waals surface area contributed by atoms with Crippen molar-refractivity contribution in [1.82, 2.24) is 0 Å². The number of ketones is 1. The molecule has 96 valence electrons. The van der Waals surface area contributed by atoms with E-state index >= 15 is 0 Å². The molecule has 18 heavy (non-hydrogen) atoms. The lowest BCUT2D eigenvalue weighted by Crippen LogP contribution is -2.33. The molecule has 1 aliphatic carbocycles. The zero-order valence-corrected chi connectivity index (χ0v) is 10.4. The van der Waals surface area contributed by atoms with Crippen LogP contribution in [-0.2, 0) is 22.4 Å². The van der Waals surface area contributed by atoms with Crippen LogP contribution in [0.4, 0.5) is 0 Å². The molecule has 0 radical (unpaired) electrons. The average Bonchev–Trinajstić information content (AvgIpc) is 2.84. The SMILES string of the molecule is COC(=O)CC(N)C(=O)c1ccc2c(c1)CCC2. The minimum absolute atomic E-state index is 0.0770. The van der Waals surface area contributed by atoms with E-state index in [1.54, 1.807) is 6.07 Å². The van der Waals surface area contributed by atoms with Crippen LogP contribution in [0.1, 0.15) is 34.3 Å². The molecule has 1 aromatic carbocycles. The summed E-state index contributed by atoms with van der Waals surface area (Å²) in [5.41, 5.74) is 8.85. The third-order valence-electron chi connectivity index (χ3n) is 3.33. The topological polar surface area (TPSA) is 69.4 Å². The number of rotatable bonds is 4. The maximum atomic E-state index is 12.1. The van der Waals surface area contributed by atoms with Gasteiger partial charge in [0.1, 0.15) is 0 Å². The van der Waals surface area contributed by atoms with Crippen LogP contribution in [0.15, 0.2) is 18.2 Å². The minimum atomic E-state index is -0.822. The second kappa shape index (κ2) is 5.31. The predicted octanol–water partition coefficient (Wildman–Crippen LogP) is 1.25. The van der Waals surface area contributed by atoms with Gasteiger partial charge < -0.3 is 10.5 Å². The van der Waals surface area contributed by atoms with Crippen LogP contribution in [0, 0.1) is 0 Å². The fourth-order valence-corrected chi connectivity index (χ4v) is 2.29. The van der Waals surface area contributed by atoms with E-state index in [4.69, 9.17) is 5.73 Å². The average molecular weight is 247 g/mol. The number of hydrogen-bond acceptors (Lipinski definition) is 4. The molecule has 1 aliphatic rings. The first kappa shape index (κ1) is 12.8. The van der Waals surface area contributed by atoms with Crippen molar-refractivity contribution >= 4 is 11.8 Å². The molecule has 0 aromatic heterocycles. The van der Waals surface area contributed by atoms with Gasteiger partial charge in [0.25, 0.3) is 0 Å². The van der Waals surface area contributed by atoms with E-state index in [2.05, 4.69) is 4.74 Å². The second-order valence-electron chi connectivity index (χ2n) is 4.59. The number of carbonyl (C=O) groups is 2. The molecule has 0 bridgehead atoms. The number of esters is 1. The molecule has 4 heteroatoms. The number of aryl methyl sites for hydroxylation is 2. The van der Waals surface area contributed by atoms with Crippen molar-refractivity contribution in [2.24, 2.45) is 5.73 Å². The molecular formula is C14H17NO3. The molecular weight excluding hydrogens is 230 g/mol. The Kier molecular flexibility index (Phi) is 3.77. The lowest BCUT2D eigenvalue weighted by atomic mass is 9.98. The van der Waals surface area contributed by atoms with Crippen molar-refractivity contribution in [3.8, 4) is 0 Å². The summed E-state index contributed by atoms with van der Waals surface area (Å²) in [4.78, 5) is 23.2. The number of hydrogen-bond donors (Lipinski definition) is 1. The van der Waals surface area contributed by atoms with Crippen LogP contribution < -0.4 is 5.73 Å². The Morgan fingerprint density at radius 2 is 2.06 bits per heavy atom. The normalized spacial score (nSPS) is 15.0. The molecule has 1 unspecified atom stereocenters. The molecule has 0 saturated carbocycles. The smallest absolute Gasteiger partial charge is 0.307 e. The zero-order valence-electron chi connectivity index (χ0n) is 10.4. The Labute approximate surface area is 106 Å². The predicted molar refractivity (Wildman–Crippen MR) is 67.4 cm³/mol. The molecule has 4 nitrogen and oxygen atoms in total. The Hall–Kier alpha value is -1.68. The standard InChI is InChI=1S/C14H17NO3/c1-18-13(16)8-12(15)14(17)11-6-5-9-3-2-4-10(9)7-11/h5-7,12H,2-4,8,15H2,1H3. The van der Waals surface area contributed by atoms with Gasteiger partial charge in [-0.2, -0.15) is 0 Å². The van der Waals surface area contributed by atoms with Crippen molar-refractivity contribution in [1.29, 1.82) is 0 Å². The third kappa shape index (κ3) is 2.59. The van der Waals surface area contributed by atoms with Crippen LogP contribution >= 0.6 is 0 Å². The highest BCUT2D eigenvalue weighted by atomic mass is 16.5. The molecule has 0 spiro atoms. The Bertz CT molecular complexity index is 482. The van der Waals surface area contributed by atoms with Gasteiger partial charge in [0.05, 0.1) is 19.6 Å². The fraction of sp³-hybridized carbons (Fsp3) is 0.429. The van der Waals surface area contributed by atoms with Crippen LogP contribution in [0.5, 0.6) is 0 Å². The summed E-state index contributed by atoms with van der Waals surface area (Å²) in [6, 6.07) is 4.86. The van der Waals surface area contributed by atoms with E-state index in [0.717, 1.165) is 19.3 Å². The van der Waals surface area contributed by atoms with Crippen molar-refractivity contribution < 1.29 is 14.3 Å². The number of methoxy groups -OCH3 is 1. The van der Waals surface area contributed by atoms with Crippen molar-refractivity contribution in [3.63, 3.8) is 0 Å². The number of nitrogens with two attached hydrogens (primary N) is 1. The van der Waals surface area contributed by atoms with Crippen molar-refractivity contribution in [2.75, 3.05) is 7.11 Å². The quantitative estimate of drug-likeness (QED) is 0.642. The van der Waals surface area contributed by atoms with Crippen LogP contribution in [0.25, 0.3) is 0 Å². The van der Waals surface area contributed by atoms with Gasteiger partial charge in [0.2, 0.25) is 0 Å². The lowest BCUT2D eigenvalue weighted by molar-refractivity contribution is -0.140. The molecule has 0 aliphatic heterocycles. The molecule has 0 fully saturated rings. The van der Waals surface area contributed by atoms with Crippen molar-refractivity contribution in [3.05, 3.63) is 34.9 Å². The highest BCUT2D eigenvalue weighted by Gasteiger charge is 2.21. The number of Topliss-reactive ketones (excluding diaryl/α,β-unsaturated/α-hetero) is 1. The Morgan fingerprint density at radius 1 is 1.33 bits per heavy atom. The van der Waals surface area contributed by atoms with Gasteiger partial charge in [-0.15, -0.1) is 0 Å². The van der Waals surface area contributed by atoms with Gasteiger partial charge in [-0.25, -0.2) is 0 Å². The summed E-state index contributed by atoms with van der Waals surface area (Å²) >= 11 is 0. The molecule has 1 aromatic rings. The Balaban J connectivity index is 2.11. The summed E-state index contributed by atoms with van der Waals surface area (Å²) in [6.07, 6.45) is 3.16. The van der Waals surface area contributed by atoms with Crippen molar-refractivity contribution in [2.45, 2.75) is 31.7 Å². The van der Waals surface area contributed by atoms with E-state index in [1.165, 1.54) is 18.2 Å². The molecule has 1 atom stereocenters. The van der Waals surface area contributed by atoms with E-state index in [0.29, 0.717) is 5.56 Å². The lowest BCUT2D eigenvalue weighted by Gasteiger charge is -2.10. The first-order valence-electron chi connectivity index (χ1n) is 6.10. The molecule has 2 N–H and O–H groups in total. The van der Waals surface area contributed by atoms with E-state index in [-0.39, 0.29) is 12.2 Å². The summed E-state index contributed by atoms with van der Waals surface area (Å²) in [5.74, 6) is -0.660. The van der Waals surface area contributed by atoms with E-state index in [9.17, 15) is 9.59 Å². The van der Waals surface area contributed by atoms with Gasteiger partial charge in [-0.3, -0.25) is 9.59 Å². The second-order valence-corrected chi connectivity index (χ2v) is 4.59. The summed E-state index contributed by atoms with van der Waals surface area (Å²) < 4.78 is 4.51. The summed E-state index contributed by atoms with van der Waals surface area (Å²) in [5, 5.41) is 0. The highest BCUT2D eigenvalue weighted by Crippen LogP contribution is 2.23. The van der Waals surface area contributed by atoms with Gasteiger partial charge in [0, 0.05) is 5.56 Å². The summed E-state index contributed by atoms with van der Waals surface area (Å²) in [7, 11) is 1.29. The van der Waals surface area contributed by atoms with Crippen LogP contribution in [-0.4, -0.2) is 24.9 Å². The molecule has 0 heterocycles. The van der Waals surface area contributed by atoms with Gasteiger partial charge in [-0.05, 0) is 36.5 Å². The molecule has 0 saturated heterocycles. The third-order valence-corrected chi connectivity index (χ3v) is 3.33. The zero-order chi connectivity index (χ0) is 13.1. The number of fused-ring (bicyclic) bond motifs is 1. The summed E-state index contributed by atoms with van der Waals surface area (Å²) in [6.45, 7) is 0. The Morgan fingerprint density at radius 3 is 2.78 bits per heavy atom. The van der Waals surface area contributed by atoms with E-state index in [1.807, 2.05) is 12.1 Å². The fourth-order valence-electron chi connectivity index (χ4n) is 2.29. The van der Waals surface area contributed by atoms with Gasteiger partial charge in [-0.1, -0.05) is 12.1 Å². The maximum absolute atomic E-state index is 12.1. The highest BCUT2D eigenvalue weighted by molar-refractivity contribution is 6.01. The minimum Gasteiger partial charge on any atom is -0.469 e. The van der Waals surface area contributed by atoms with Crippen LogP contribution in [0.2, 0.25) is 0 Å². The van der Waals surface area contributed by atoms with Gasteiger partial charge >= 0.3 is 5.97 Å². The number of ether oxygens (including phenoxy) is 1. The van der Waals surface area contributed by atoms with Crippen LogP contribution in [0.3, 0.4) is 0 Å². The number of carbonyl (C=O) groups excluding carboxylic acids is 2. The first-order valence-corrected chi connectivity index (χ1v) is 6.10. The van der Waals surface area contributed by atoms with E-state index < -0.39 is 12.0 Å². The first-order chi connectivity index (χ1) is 8.61. The maximum Gasteiger partial charge on any atom is 0.307 e.